The second kappa shape index (κ2) is 5.61. The molecule has 128 valence electrons. The van der Waals surface area contributed by atoms with E-state index in [0.29, 0.717) is 17.9 Å². The fraction of sp³-hybridized carbons (Fsp3) is 0.550. The summed E-state index contributed by atoms with van der Waals surface area (Å²) in [5.41, 5.74) is 0.431. The molecule has 0 aliphatic heterocycles. The largest absolute Gasteiger partial charge is 0.492 e. The molecule has 1 aromatic carbocycles. The molecule has 0 spiro atoms. The molecule has 4 heteroatoms. The van der Waals surface area contributed by atoms with Gasteiger partial charge in [-0.2, -0.15) is 0 Å². The van der Waals surface area contributed by atoms with E-state index in [9.17, 15) is 9.18 Å². The van der Waals surface area contributed by atoms with Crippen molar-refractivity contribution in [3.63, 3.8) is 0 Å². The van der Waals surface area contributed by atoms with Gasteiger partial charge in [-0.1, -0.05) is 12.7 Å². The smallest absolute Gasteiger partial charge is 0.338 e. The van der Waals surface area contributed by atoms with E-state index in [0.717, 1.165) is 17.8 Å². The summed E-state index contributed by atoms with van der Waals surface area (Å²) >= 11 is 0. The Kier molecular flexibility index (Phi) is 3.66. The Labute approximate surface area is 141 Å². The zero-order chi connectivity index (χ0) is 16.9. The average Bonchev–Trinajstić information content (AvgIpc) is 2.51. The first-order chi connectivity index (χ1) is 11.5. The van der Waals surface area contributed by atoms with Crippen LogP contribution in [0.4, 0.5) is 4.39 Å². The molecule has 4 bridgehead atoms. The van der Waals surface area contributed by atoms with E-state index >= 15 is 0 Å². The number of carbonyl (C=O) groups is 1. The standard InChI is InChI=1S/C20H23FO3/c1-2-15-6-16(19(22)23)17(21)7-18(15)24-11-20-8-12-3-13(9-20)5-14(4-12)10-20/h2,6-7,12-14H,1,3-5,8-11H2,(H,22,23). The third-order valence-electron chi connectivity index (χ3n) is 6.25. The first-order valence-electron chi connectivity index (χ1n) is 8.80. The maximum absolute atomic E-state index is 14.0. The first kappa shape index (κ1) is 15.7. The van der Waals surface area contributed by atoms with Gasteiger partial charge >= 0.3 is 5.97 Å². The third-order valence-corrected chi connectivity index (χ3v) is 6.25. The summed E-state index contributed by atoms with van der Waals surface area (Å²) in [7, 11) is 0. The molecule has 1 N–H and O–H groups in total. The van der Waals surface area contributed by atoms with Crippen molar-refractivity contribution in [3.05, 3.63) is 35.7 Å². The molecule has 0 saturated heterocycles. The van der Waals surface area contributed by atoms with E-state index < -0.39 is 11.8 Å². The molecular formula is C20H23FO3. The Hall–Kier alpha value is -1.84. The summed E-state index contributed by atoms with van der Waals surface area (Å²) in [6.45, 7) is 4.30. The zero-order valence-electron chi connectivity index (χ0n) is 13.8. The van der Waals surface area contributed by atoms with Crippen molar-refractivity contribution in [1.29, 1.82) is 0 Å². The predicted octanol–water partition coefficient (Wildman–Crippen LogP) is 4.76. The van der Waals surface area contributed by atoms with Crippen molar-refractivity contribution in [1.82, 2.24) is 0 Å². The highest BCUT2D eigenvalue weighted by Crippen LogP contribution is 2.60. The Morgan fingerprint density at radius 2 is 1.83 bits per heavy atom. The van der Waals surface area contributed by atoms with Crippen LogP contribution in [0.25, 0.3) is 6.08 Å². The van der Waals surface area contributed by atoms with Gasteiger partial charge < -0.3 is 9.84 Å². The van der Waals surface area contributed by atoms with Crippen LogP contribution in [0.15, 0.2) is 18.7 Å². The SMILES string of the molecule is C=Cc1cc(C(=O)O)c(F)cc1OCC12CC3CC(CC(C3)C1)C2. The van der Waals surface area contributed by atoms with Gasteiger partial charge in [-0.05, 0) is 62.3 Å². The molecule has 4 aliphatic rings. The van der Waals surface area contributed by atoms with Crippen LogP contribution in [0.5, 0.6) is 5.75 Å². The normalized spacial score (nSPS) is 33.5. The van der Waals surface area contributed by atoms with Crippen molar-refractivity contribution >= 4 is 12.0 Å². The summed E-state index contributed by atoms with van der Waals surface area (Å²) in [4.78, 5) is 11.1. The number of halogens is 1. The highest BCUT2D eigenvalue weighted by molar-refractivity contribution is 5.89. The lowest BCUT2D eigenvalue weighted by atomic mass is 9.50. The van der Waals surface area contributed by atoms with Crippen LogP contribution in [0, 0.1) is 29.0 Å². The van der Waals surface area contributed by atoms with Gasteiger partial charge in [-0.25, -0.2) is 9.18 Å². The van der Waals surface area contributed by atoms with Gasteiger partial charge in [-0.15, -0.1) is 0 Å². The monoisotopic (exact) mass is 330 g/mol. The average molecular weight is 330 g/mol. The predicted molar refractivity (Wildman–Crippen MR) is 89.6 cm³/mol. The summed E-state index contributed by atoms with van der Waals surface area (Å²) in [6.07, 6.45) is 9.31. The van der Waals surface area contributed by atoms with E-state index in [-0.39, 0.29) is 11.0 Å². The molecule has 0 unspecified atom stereocenters. The van der Waals surface area contributed by atoms with Crippen molar-refractivity contribution in [3.8, 4) is 5.75 Å². The van der Waals surface area contributed by atoms with Crippen LogP contribution in [-0.2, 0) is 0 Å². The molecule has 4 saturated carbocycles. The minimum absolute atomic E-state index is 0.231. The van der Waals surface area contributed by atoms with Crippen molar-refractivity contribution in [2.75, 3.05) is 6.61 Å². The number of carboxylic acids is 1. The minimum atomic E-state index is -1.27. The maximum Gasteiger partial charge on any atom is 0.338 e. The topological polar surface area (TPSA) is 46.5 Å². The molecule has 4 fully saturated rings. The van der Waals surface area contributed by atoms with Crippen LogP contribution >= 0.6 is 0 Å². The molecule has 0 radical (unpaired) electrons. The van der Waals surface area contributed by atoms with Crippen molar-refractivity contribution in [2.24, 2.45) is 23.2 Å². The Balaban J connectivity index is 1.55. The fourth-order valence-corrected chi connectivity index (χ4v) is 5.72. The molecule has 0 amide bonds. The first-order valence-corrected chi connectivity index (χ1v) is 8.80. The van der Waals surface area contributed by atoms with Crippen molar-refractivity contribution in [2.45, 2.75) is 38.5 Å². The van der Waals surface area contributed by atoms with Crippen LogP contribution < -0.4 is 4.74 Å². The van der Waals surface area contributed by atoms with E-state index in [1.807, 2.05) is 0 Å². The van der Waals surface area contributed by atoms with Crippen LogP contribution in [0.1, 0.15) is 54.4 Å². The highest BCUT2D eigenvalue weighted by Gasteiger charge is 2.51. The van der Waals surface area contributed by atoms with Gasteiger partial charge in [0.1, 0.15) is 11.6 Å². The van der Waals surface area contributed by atoms with E-state index in [1.165, 1.54) is 56.7 Å². The molecule has 24 heavy (non-hydrogen) atoms. The third kappa shape index (κ3) is 2.62. The van der Waals surface area contributed by atoms with Gasteiger partial charge in [0.2, 0.25) is 0 Å². The van der Waals surface area contributed by atoms with Crippen LogP contribution in [-0.4, -0.2) is 17.7 Å². The Bertz CT molecular complexity index is 659. The summed E-state index contributed by atoms with van der Waals surface area (Å²) in [5, 5.41) is 9.05. The van der Waals surface area contributed by atoms with Gasteiger partial charge in [-0.3, -0.25) is 0 Å². The molecule has 0 aromatic heterocycles. The number of carboxylic acid groups (broad SMARTS) is 1. The number of benzene rings is 1. The highest BCUT2D eigenvalue weighted by atomic mass is 19.1. The molecular weight excluding hydrogens is 307 g/mol. The number of rotatable bonds is 5. The lowest BCUT2D eigenvalue weighted by Crippen LogP contribution is -2.48. The van der Waals surface area contributed by atoms with Crippen molar-refractivity contribution < 1.29 is 19.0 Å². The number of hydrogen-bond acceptors (Lipinski definition) is 2. The summed E-state index contributed by atoms with van der Waals surface area (Å²) in [6, 6.07) is 2.50. The Morgan fingerprint density at radius 1 is 1.25 bits per heavy atom. The summed E-state index contributed by atoms with van der Waals surface area (Å²) in [5.74, 6) is 0.889. The Morgan fingerprint density at radius 3 is 2.33 bits per heavy atom. The molecule has 0 heterocycles. The number of hydrogen-bond donors (Lipinski definition) is 1. The van der Waals surface area contributed by atoms with Crippen LogP contribution in [0.2, 0.25) is 0 Å². The van der Waals surface area contributed by atoms with Crippen LogP contribution in [0.3, 0.4) is 0 Å². The molecule has 4 aliphatic carbocycles. The lowest BCUT2D eigenvalue weighted by Gasteiger charge is -2.56. The second-order valence-electron chi connectivity index (χ2n) is 8.09. The minimum Gasteiger partial charge on any atom is -0.492 e. The summed E-state index contributed by atoms with van der Waals surface area (Å²) < 4.78 is 20.0. The van der Waals surface area contributed by atoms with Gasteiger partial charge in [0.15, 0.2) is 0 Å². The number of ether oxygens (including phenoxy) is 1. The quantitative estimate of drug-likeness (QED) is 0.846. The van der Waals surface area contributed by atoms with E-state index in [2.05, 4.69) is 6.58 Å². The van der Waals surface area contributed by atoms with E-state index in [4.69, 9.17) is 9.84 Å². The zero-order valence-corrected chi connectivity index (χ0v) is 13.8. The molecule has 1 aromatic rings. The molecule has 3 nitrogen and oxygen atoms in total. The number of aromatic carboxylic acids is 1. The molecule has 5 rings (SSSR count). The maximum atomic E-state index is 14.0. The second-order valence-corrected chi connectivity index (χ2v) is 8.09. The molecule has 0 atom stereocenters. The van der Waals surface area contributed by atoms with Gasteiger partial charge in [0.25, 0.3) is 0 Å². The fourth-order valence-electron chi connectivity index (χ4n) is 5.72. The van der Waals surface area contributed by atoms with Gasteiger partial charge in [0, 0.05) is 17.0 Å². The van der Waals surface area contributed by atoms with Gasteiger partial charge in [0.05, 0.1) is 12.2 Å². The lowest BCUT2D eigenvalue weighted by molar-refractivity contribution is -0.0746. The van der Waals surface area contributed by atoms with E-state index in [1.54, 1.807) is 0 Å².